The highest BCUT2D eigenvalue weighted by Crippen LogP contribution is 2.40. The Morgan fingerprint density at radius 2 is 1.71 bits per heavy atom. The predicted molar refractivity (Wildman–Crippen MR) is 120 cm³/mol. The molecule has 0 bridgehead atoms. The number of hydrogen-bond acceptors (Lipinski definition) is 3. The third kappa shape index (κ3) is 3.26. The molecule has 31 heavy (non-hydrogen) atoms. The molecule has 3 aromatic carbocycles. The number of fused-ring (bicyclic) bond motifs is 3. The Bertz CT molecular complexity index is 1340. The van der Waals surface area contributed by atoms with Crippen molar-refractivity contribution in [1.82, 2.24) is 9.55 Å². The molecule has 6 heteroatoms. The number of anilines is 2. The fraction of sp³-hybridized carbons (Fsp3) is 0.120. The van der Waals surface area contributed by atoms with Gasteiger partial charge in [-0.3, -0.25) is 9.36 Å². The maximum atomic E-state index is 13.5. The Morgan fingerprint density at radius 3 is 2.48 bits per heavy atom. The fourth-order valence-electron chi connectivity index (χ4n) is 4.18. The van der Waals surface area contributed by atoms with Gasteiger partial charge in [0.05, 0.1) is 22.6 Å². The Balaban J connectivity index is 1.67. The van der Waals surface area contributed by atoms with E-state index >= 15 is 0 Å². The number of aromatic nitrogens is 2. The van der Waals surface area contributed by atoms with Gasteiger partial charge >= 0.3 is 0 Å². The van der Waals surface area contributed by atoms with Crippen molar-refractivity contribution in [3.8, 4) is 0 Å². The minimum absolute atomic E-state index is 0.242. The van der Waals surface area contributed by atoms with Crippen molar-refractivity contribution in [2.45, 2.75) is 19.9 Å². The normalized spacial score (nSPS) is 15.5. The molecular weight excluding hydrogens is 391 g/mol. The molecule has 0 radical (unpaired) electrons. The number of imidazole rings is 1. The maximum absolute atomic E-state index is 13.5. The number of nitrogens with one attached hydrogen (secondary N) is 2. The minimum atomic E-state index is -0.356. The number of amides is 1. The number of benzene rings is 3. The number of allylic oxidation sites excluding steroid dienone is 1. The van der Waals surface area contributed by atoms with Gasteiger partial charge in [0, 0.05) is 11.4 Å². The summed E-state index contributed by atoms with van der Waals surface area (Å²) in [4.78, 5) is 18.2. The van der Waals surface area contributed by atoms with E-state index in [1.165, 1.54) is 12.1 Å². The quantitative estimate of drug-likeness (QED) is 0.473. The third-order valence-electron chi connectivity index (χ3n) is 5.66. The standard InChI is InChI=1S/C25H21FN4O/c1-15-7-3-4-8-19(15)23-22(24(31)28-18-13-11-17(26)12-14-18)16(2)27-25-29-20-9-5-6-10-21(20)30(23)25/h3-14,23H,1-2H3,(H,27,29)(H,28,31)/t23-/m0/s1. The molecule has 4 aromatic rings. The summed E-state index contributed by atoms with van der Waals surface area (Å²) in [5.74, 6) is 0.110. The van der Waals surface area contributed by atoms with Gasteiger partial charge in [-0.2, -0.15) is 0 Å². The molecule has 1 atom stereocenters. The van der Waals surface area contributed by atoms with Crippen LogP contribution in [0, 0.1) is 12.7 Å². The zero-order chi connectivity index (χ0) is 21.5. The number of para-hydroxylation sites is 2. The maximum Gasteiger partial charge on any atom is 0.255 e. The Morgan fingerprint density at radius 1 is 1.00 bits per heavy atom. The van der Waals surface area contributed by atoms with Gasteiger partial charge in [0.25, 0.3) is 5.91 Å². The molecule has 0 saturated carbocycles. The first-order chi connectivity index (χ1) is 15.0. The molecule has 0 fully saturated rings. The number of hydrogen-bond donors (Lipinski definition) is 2. The van der Waals surface area contributed by atoms with Crippen molar-refractivity contribution in [1.29, 1.82) is 0 Å². The van der Waals surface area contributed by atoms with E-state index in [2.05, 4.69) is 15.2 Å². The average Bonchev–Trinajstić information content (AvgIpc) is 3.12. The number of nitrogens with zero attached hydrogens (tertiary/aromatic N) is 2. The molecule has 1 amide bonds. The third-order valence-corrected chi connectivity index (χ3v) is 5.66. The van der Waals surface area contributed by atoms with E-state index in [1.807, 2.05) is 62.4 Å². The second kappa shape index (κ2) is 7.40. The number of carbonyl (C=O) groups is 1. The van der Waals surface area contributed by atoms with Gasteiger partial charge in [0.1, 0.15) is 5.82 Å². The fourth-order valence-corrected chi connectivity index (χ4v) is 4.18. The van der Waals surface area contributed by atoms with E-state index in [9.17, 15) is 9.18 Å². The van der Waals surface area contributed by atoms with Crippen LogP contribution in [0.3, 0.4) is 0 Å². The Kier molecular flexibility index (Phi) is 4.55. The highest BCUT2D eigenvalue weighted by atomic mass is 19.1. The van der Waals surface area contributed by atoms with Crippen molar-refractivity contribution in [3.63, 3.8) is 0 Å². The van der Waals surface area contributed by atoms with E-state index in [4.69, 9.17) is 4.98 Å². The van der Waals surface area contributed by atoms with Gasteiger partial charge in [-0.1, -0.05) is 36.4 Å². The summed E-state index contributed by atoms with van der Waals surface area (Å²) in [6.07, 6.45) is 0. The van der Waals surface area contributed by atoms with Gasteiger partial charge in [0.2, 0.25) is 5.95 Å². The summed E-state index contributed by atoms with van der Waals surface area (Å²) in [5, 5.41) is 6.23. The van der Waals surface area contributed by atoms with Crippen LogP contribution in [-0.2, 0) is 4.79 Å². The summed E-state index contributed by atoms with van der Waals surface area (Å²) >= 11 is 0. The van der Waals surface area contributed by atoms with E-state index in [-0.39, 0.29) is 17.8 Å². The molecule has 0 aliphatic carbocycles. The van der Waals surface area contributed by atoms with Gasteiger partial charge in [-0.05, 0) is 61.4 Å². The van der Waals surface area contributed by atoms with Crippen LogP contribution in [0.5, 0.6) is 0 Å². The lowest BCUT2D eigenvalue weighted by molar-refractivity contribution is -0.113. The van der Waals surface area contributed by atoms with Crippen LogP contribution in [0.4, 0.5) is 16.0 Å². The van der Waals surface area contributed by atoms with E-state index < -0.39 is 0 Å². The number of carbonyl (C=O) groups excluding carboxylic acids is 1. The van der Waals surface area contributed by atoms with Crippen LogP contribution in [0.2, 0.25) is 0 Å². The first-order valence-electron chi connectivity index (χ1n) is 10.1. The van der Waals surface area contributed by atoms with Gasteiger partial charge < -0.3 is 10.6 Å². The SMILES string of the molecule is CC1=C(C(=O)Nc2ccc(F)cc2)[C@H](c2ccccc2C)n2c(nc3ccccc32)N1. The summed E-state index contributed by atoms with van der Waals surface area (Å²) in [7, 11) is 0. The van der Waals surface area contributed by atoms with Crippen LogP contribution in [0.25, 0.3) is 11.0 Å². The summed E-state index contributed by atoms with van der Waals surface area (Å²) < 4.78 is 15.4. The van der Waals surface area contributed by atoms with Gasteiger partial charge in [0.15, 0.2) is 0 Å². The lowest BCUT2D eigenvalue weighted by Crippen LogP contribution is -2.31. The molecule has 1 aliphatic rings. The number of rotatable bonds is 3. The smallest absolute Gasteiger partial charge is 0.255 e. The second-order valence-electron chi connectivity index (χ2n) is 7.68. The first-order valence-corrected chi connectivity index (χ1v) is 10.1. The first kappa shape index (κ1) is 19.1. The highest BCUT2D eigenvalue weighted by Gasteiger charge is 2.34. The molecule has 1 aliphatic heterocycles. The van der Waals surface area contributed by atoms with Crippen LogP contribution < -0.4 is 10.6 Å². The molecular formula is C25H21FN4O. The monoisotopic (exact) mass is 412 g/mol. The average molecular weight is 412 g/mol. The molecule has 0 saturated heterocycles. The van der Waals surface area contributed by atoms with Crippen molar-refractivity contribution >= 4 is 28.6 Å². The van der Waals surface area contributed by atoms with E-state index in [1.54, 1.807) is 12.1 Å². The molecule has 0 unspecified atom stereocenters. The Hall–Kier alpha value is -3.93. The van der Waals surface area contributed by atoms with Crippen LogP contribution in [0.1, 0.15) is 24.1 Å². The zero-order valence-corrected chi connectivity index (χ0v) is 17.2. The largest absolute Gasteiger partial charge is 0.329 e. The molecule has 5 nitrogen and oxygen atoms in total. The van der Waals surface area contributed by atoms with Crippen LogP contribution >= 0.6 is 0 Å². The predicted octanol–water partition coefficient (Wildman–Crippen LogP) is 5.41. The molecule has 154 valence electrons. The van der Waals surface area contributed by atoms with Gasteiger partial charge in [-0.15, -0.1) is 0 Å². The van der Waals surface area contributed by atoms with Crippen molar-refractivity contribution in [2.24, 2.45) is 0 Å². The molecule has 2 heterocycles. The summed E-state index contributed by atoms with van der Waals surface area (Å²) in [6.45, 7) is 3.93. The highest BCUT2D eigenvalue weighted by molar-refractivity contribution is 6.06. The number of aryl methyl sites for hydroxylation is 1. The molecule has 2 N–H and O–H groups in total. The molecule has 1 aromatic heterocycles. The van der Waals surface area contributed by atoms with E-state index in [0.29, 0.717) is 17.2 Å². The molecule has 5 rings (SSSR count). The van der Waals surface area contributed by atoms with Crippen LogP contribution in [0.15, 0.2) is 84.1 Å². The second-order valence-corrected chi connectivity index (χ2v) is 7.68. The summed E-state index contributed by atoms with van der Waals surface area (Å²) in [6, 6.07) is 21.4. The lowest BCUT2D eigenvalue weighted by atomic mass is 9.91. The topological polar surface area (TPSA) is 59.0 Å². The number of halogens is 1. The Labute approximate surface area is 179 Å². The van der Waals surface area contributed by atoms with Crippen LogP contribution in [-0.4, -0.2) is 15.5 Å². The lowest BCUT2D eigenvalue weighted by Gasteiger charge is -2.31. The van der Waals surface area contributed by atoms with E-state index in [0.717, 1.165) is 27.9 Å². The van der Waals surface area contributed by atoms with Crippen molar-refractivity contribution < 1.29 is 9.18 Å². The van der Waals surface area contributed by atoms with Crippen molar-refractivity contribution in [3.05, 3.63) is 101 Å². The molecule has 0 spiro atoms. The summed E-state index contributed by atoms with van der Waals surface area (Å²) in [5.41, 5.74) is 5.77. The zero-order valence-electron chi connectivity index (χ0n) is 17.2. The minimum Gasteiger partial charge on any atom is -0.329 e. The van der Waals surface area contributed by atoms with Gasteiger partial charge in [-0.25, -0.2) is 9.37 Å². The van der Waals surface area contributed by atoms with Crippen molar-refractivity contribution in [2.75, 3.05) is 10.6 Å².